The van der Waals surface area contributed by atoms with E-state index in [-0.39, 0.29) is 17.2 Å². The summed E-state index contributed by atoms with van der Waals surface area (Å²) in [5, 5.41) is 11.8. The lowest BCUT2D eigenvalue weighted by molar-refractivity contribution is 0.415. The lowest BCUT2D eigenvalue weighted by atomic mass is 10.1. The summed E-state index contributed by atoms with van der Waals surface area (Å²) in [5.74, 6) is 0.884. The molecule has 6 nitrogen and oxygen atoms in total. The Labute approximate surface area is 147 Å². The van der Waals surface area contributed by atoms with Gasteiger partial charge in [-0.15, -0.1) is 10.2 Å². The quantitative estimate of drug-likeness (QED) is 0.735. The number of aromatic nitrogens is 3. The van der Waals surface area contributed by atoms with Gasteiger partial charge in [-0.3, -0.25) is 9.78 Å². The molecule has 0 aliphatic carbocycles. The first-order valence-electron chi connectivity index (χ1n) is 6.90. The van der Waals surface area contributed by atoms with E-state index in [9.17, 15) is 4.79 Å². The number of nitrogens with zero attached hydrogens (tertiary/aromatic N) is 2. The van der Waals surface area contributed by atoms with E-state index in [1.165, 1.54) is 0 Å². The van der Waals surface area contributed by atoms with E-state index in [0.29, 0.717) is 27.0 Å². The van der Waals surface area contributed by atoms with Crippen molar-refractivity contribution in [2.24, 2.45) is 0 Å². The second-order valence-corrected chi connectivity index (χ2v) is 5.74. The van der Waals surface area contributed by atoms with Gasteiger partial charge < -0.3 is 10.1 Å². The summed E-state index contributed by atoms with van der Waals surface area (Å²) in [6.07, 6.45) is 0. The molecule has 0 saturated heterocycles. The summed E-state index contributed by atoms with van der Waals surface area (Å²) < 4.78 is 5.09. The first kappa shape index (κ1) is 16.3. The van der Waals surface area contributed by atoms with E-state index in [1.807, 2.05) is 0 Å². The monoisotopic (exact) mass is 362 g/mol. The molecule has 1 aromatic heterocycles. The molecular formula is C16H12Cl2N4O2. The number of H-pyrrole nitrogens is 1. The van der Waals surface area contributed by atoms with Crippen molar-refractivity contribution in [3.8, 4) is 17.0 Å². The Morgan fingerprint density at radius 1 is 1.04 bits per heavy atom. The highest BCUT2D eigenvalue weighted by atomic mass is 35.5. The Hall–Kier alpha value is -2.57. The van der Waals surface area contributed by atoms with Crippen LogP contribution in [0.25, 0.3) is 11.3 Å². The number of anilines is 2. The van der Waals surface area contributed by atoms with Crippen LogP contribution >= 0.6 is 23.2 Å². The van der Waals surface area contributed by atoms with Gasteiger partial charge in [0.1, 0.15) is 5.75 Å². The largest absolute Gasteiger partial charge is 0.497 e. The van der Waals surface area contributed by atoms with Gasteiger partial charge in [0, 0.05) is 21.3 Å². The van der Waals surface area contributed by atoms with E-state index in [4.69, 9.17) is 27.9 Å². The second-order valence-electron chi connectivity index (χ2n) is 4.86. The molecule has 2 aromatic carbocycles. The van der Waals surface area contributed by atoms with Gasteiger partial charge in [0.25, 0.3) is 5.56 Å². The molecule has 8 heteroatoms. The third kappa shape index (κ3) is 3.67. The van der Waals surface area contributed by atoms with Gasteiger partial charge >= 0.3 is 0 Å². The highest BCUT2D eigenvalue weighted by molar-refractivity contribution is 6.35. The molecule has 0 saturated carbocycles. The molecule has 3 aromatic rings. The molecule has 0 spiro atoms. The third-order valence-corrected chi connectivity index (χ3v) is 3.62. The highest BCUT2D eigenvalue weighted by Crippen LogP contribution is 2.24. The lowest BCUT2D eigenvalue weighted by Crippen LogP contribution is -2.15. The number of hydrogen-bond donors (Lipinski definition) is 2. The van der Waals surface area contributed by atoms with Crippen molar-refractivity contribution in [1.82, 2.24) is 15.2 Å². The fraction of sp³-hybridized carbons (Fsp3) is 0.0625. The van der Waals surface area contributed by atoms with Crippen LogP contribution in [-0.4, -0.2) is 22.3 Å². The normalized spacial score (nSPS) is 10.5. The molecule has 0 bridgehead atoms. The van der Waals surface area contributed by atoms with Crippen LogP contribution in [0.1, 0.15) is 0 Å². The number of aromatic amines is 1. The molecule has 0 atom stereocenters. The summed E-state index contributed by atoms with van der Waals surface area (Å²) in [4.78, 5) is 14.9. The van der Waals surface area contributed by atoms with Gasteiger partial charge in [0.2, 0.25) is 5.95 Å². The number of halogens is 2. The molecule has 0 fully saturated rings. The maximum Gasteiger partial charge on any atom is 0.279 e. The molecule has 0 unspecified atom stereocenters. The minimum Gasteiger partial charge on any atom is -0.497 e. The standard InChI is InChI=1S/C16H12Cl2N4O2/c1-24-13-4-2-9(3-5-13)14-15(23)20-16(22-21-14)19-12-7-10(17)6-11(18)8-12/h2-8H,1H3,(H2,19,20,22,23). The topological polar surface area (TPSA) is 79.9 Å². The zero-order chi connectivity index (χ0) is 17.1. The van der Waals surface area contributed by atoms with Crippen LogP contribution in [0.3, 0.4) is 0 Å². The molecular weight excluding hydrogens is 351 g/mol. The van der Waals surface area contributed by atoms with Crippen molar-refractivity contribution in [3.63, 3.8) is 0 Å². The highest BCUT2D eigenvalue weighted by Gasteiger charge is 2.08. The number of hydrogen-bond acceptors (Lipinski definition) is 5. The minimum absolute atomic E-state index is 0.190. The first-order chi connectivity index (χ1) is 11.5. The van der Waals surface area contributed by atoms with Crippen LogP contribution in [0.2, 0.25) is 10.0 Å². The van der Waals surface area contributed by atoms with Crippen molar-refractivity contribution in [1.29, 1.82) is 0 Å². The maximum atomic E-state index is 12.2. The first-order valence-corrected chi connectivity index (χ1v) is 7.65. The third-order valence-electron chi connectivity index (χ3n) is 3.19. The van der Waals surface area contributed by atoms with Crippen LogP contribution in [0, 0.1) is 0 Å². The summed E-state index contributed by atoms with van der Waals surface area (Å²) >= 11 is 11.9. The number of rotatable bonds is 4. The fourth-order valence-electron chi connectivity index (χ4n) is 2.09. The number of ether oxygens (including phenoxy) is 1. The van der Waals surface area contributed by atoms with E-state index in [0.717, 1.165) is 0 Å². The molecule has 2 N–H and O–H groups in total. The fourth-order valence-corrected chi connectivity index (χ4v) is 2.62. The van der Waals surface area contributed by atoms with Crippen molar-refractivity contribution in [2.75, 3.05) is 12.4 Å². The Balaban J connectivity index is 1.87. The molecule has 0 radical (unpaired) electrons. The van der Waals surface area contributed by atoms with Crippen molar-refractivity contribution in [3.05, 3.63) is 62.9 Å². The van der Waals surface area contributed by atoms with Crippen LogP contribution in [0.5, 0.6) is 5.75 Å². The number of nitrogens with one attached hydrogen (secondary N) is 2. The number of methoxy groups -OCH3 is 1. The lowest BCUT2D eigenvalue weighted by Gasteiger charge is -2.07. The Morgan fingerprint density at radius 2 is 1.71 bits per heavy atom. The van der Waals surface area contributed by atoms with E-state index >= 15 is 0 Å². The van der Waals surface area contributed by atoms with E-state index in [1.54, 1.807) is 49.6 Å². The van der Waals surface area contributed by atoms with Crippen molar-refractivity contribution >= 4 is 34.8 Å². The summed E-state index contributed by atoms with van der Waals surface area (Å²) in [5.41, 5.74) is 1.08. The van der Waals surface area contributed by atoms with Gasteiger partial charge in [-0.25, -0.2) is 0 Å². The molecule has 0 amide bonds. The maximum absolute atomic E-state index is 12.2. The molecule has 122 valence electrons. The minimum atomic E-state index is -0.370. The molecule has 0 aliphatic rings. The number of benzene rings is 2. The van der Waals surface area contributed by atoms with E-state index in [2.05, 4.69) is 20.5 Å². The average Bonchev–Trinajstić information content (AvgIpc) is 2.54. The molecule has 0 aliphatic heterocycles. The Kier molecular flexibility index (Phi) is 4.69. The van der Waals surface area contributed by atoms with Crippen molar-refractivity contribution < 1.29 is 4.74 Å². The zero-order valence-electron chi connectivity index (χ0n) is 12.5. The molecule has 3 rings (SSSR count). The van der Waals surface area contributed by atoms with Crippen LogP contribution in [-0.2, 0) is 0 Å². The van der Waals surface area contributed by atoms with Gasteiger partial charge in [-0.1, -0.05) is 23.2 Å². The smallest absolute Gasteiger partial charge is 0.279 e. The van der Waals surface area contributed by atoms with Crippen LogP contribution in [0.4, 0.5) is 11.6 Å². The SMILES string of the molecule is COc1ccc(-c2nnc(Nc3cc(Cl)cc(Cl)c3)[nH]c2=O)cc1. The van der Waals surface area contributed by atoms with Gasteiger partial charge in [0.15, 0.2) is 5.69 Å². The summed E-state index contributed by atoms with van der Waals surface area (Å²) in [6, 6.07) is 11.9. The predicted octanol–water partition coefficient (Wildman–Crippen LogP) is 3.89. The summed E-state index contributed by atoms with van der Waals surface area (Å²) in [7, 11) is 1.57. The predicted molar refractivity (Wildman–Crippen MR) is 94.4 cm³/mol. The second kappa shape index (κ2) is 6.90. The average molecular weight is 363 g/mol. The Morgan fingerprint density at radius 3 is 2.29 bits per heavy atom. The molecule has 1 heterocycles. The zero-order valence-corrected chi connectivity index (χ0v) is 14.0. The van der Waals surface area contributed by atoms with Gasteiger partial charge in [-0.2, -0.15) is 0 Å². The Bertz CT molecular complexity index is 906. The van der Waals surface area contributed by atoms with Crippen LogP contribution in [0.15, 0.2) is 47.3 Å². The van der Waals surface area contributed by atoms with Gasteiger partial charge in [-0.05, 0) is 42.5 Å². The van der Waals surface area contributed by atoms with Crippen LogP contribution < -0.4 is 15.6 Å². The van der Waals surface area contributed by atoms with Gasteiger partial charge in [0.05, 0.1) is 7.11 Å². The summed E-state index contributed by atoms with van der Waals surface area (Å²) in [6.45, 7) is 0. The van der Waals surface area contributed by atoms with E-state index < -0.39 is 0 Å². The van der Waals surface area contributed by atoms with Crippen molar-refractivity contribution in [2.45, 2.75) is 0 Å². The molecule has 24 heavy (non-hydrogen) atoms.